The molecule has 0 aliphatic heterocycles. The number of aryl methyl sites for hydroxylation is 1. The van der Waals surface area contributed by atoms with Crippen LogP contribution in [-0.2, 0) is 11.3 Å². The molecule has 4 rings (SSSR count). The first-order chi connectivity index (χ1) is 15.1. The monoisotopic (exact) mass is 453 g/mol. The molecule has 0 radical (unpaired) electrons. The summed E-state index contributed by atoms with van der Waals surface area (Å²) >= 11 is 7.70. The zero-order valence-electron chi connectivity index (χ0n) is 17.0. The number of carbonyl (C=O) groups is 1. The fourth-order valence-electron chi connectivity index (χ4n) is 3.10. The Labute approximate surface area is 189 Å². The van der Waals surface area contributed by atoms with E-state index in [2.05, 4.69) is 4.98 Å². The Balaban J connectivity index is 1.64. The molecule has 0 bridgehead atoms. The maximum Gasteiger partial charge on any atom is 0.267 e. The lowest BCUT2D eigenvalue weighted by atomic mass is 10.2. The highest BCUT2D eigenvalue weighted by Gasteiger charge is 2.22. The molecule has 4 aromatic rings. The van der Waals surface area contributed by atoms with Crippen LogP contribution in [0.3, 0.4) is 0 Å². The standard InChI is InChI=1S/C23H20ClN3O3S/c1-15-17(24)9-10-20-22(15)26-23(31-20)27(13-16-6-5-11-25-12-16)21(28)14-30-19-8-4-3-7-18(19)29-2/h3-12H,13-14H2,1-2H3. The molecule has 2 heterocycles. The fraction of sp³-hybridized carbons (Fsp3) is 0.174. The summed E-state index contributed by atoms with van der Waals surface area (Å²) in [5.41, 5.74) is 2.57. The number of pyridine rings is 1. The van der Waals surface area contributed by atoms with Gasteiger partial charge in [-0.3, -0.25) is 14.7 Å². The van der Waals surface area contributed by atoms with Crippen molar-refractivity contribution < 1.29 is 14.3 Å². The number of amides is 1. The summed E-state index contributed by atoms with van der Waals surface area (Å²) in [6, 6.07) is 14.7. The fourth-order valence-corrected chi connectivity index (χ4v) is 4.29. The van der Waals surface area contributed by atoms with Gasteiger partial charge < -0.3 is 9.47 Å². The summed E-state index contributed by atoms with van der Waals surface area (Å²) in [5.74, 6) is 0.850. The van der Waals surface area contributed by atoms with Crippen molar-refractivity contribution in [3.63, 3.8) is 0 Å². The van der Waals surface area contributed by atoms with E-state index < -0.39 is 0 Å². The van der Waals surface area contributed by atoms with Crippen LogP contribution in [0.2, 0.25) is 5.02 Å². The number of methoxy groups -OCH3 is 1. The highest BCUT2D eigenvalue weighted by Crippen LogP contribution is 2.34. The van der Waals surface area contributed by atoms with Crippen LogP contribution in [0.15, 0.2) is 60.9 Å². The molecular weight excluding hydrogens is 434 g/mol. The normalized spacial score (nSPS) is 10.8. The Morgan fingerprint density at radius 1 is 1.13 bits per heavy atom. The lowest BCUT2D eigenvalue weighted by Gasteiger charge is -2.20. The predicted octanol–water partition coefficient (Wildman–Crippen LogP) is 5.27. The van der Waals surface area contributed by atoms with Gasteiger partial charge in [-0.25, -0.2) is 4.98 Å². The average molecular weight is 454 g/mol. The van der Waals surface area contributed by atoms with Gasteiger partial charge in [0.2, 0.25) is 0 Å². The van der Waals surface area contributed by atoms with E-state index in [1.54, 1.807) is 36.5 Å². The number of carbonyl (C=O) groups excluding carboxylic acids is 1. The number of aromatic nitrogens is 2. The number of nitrogens with zero attached hydrogens (tertiary/aromatic N) is 3. The number of hydrogen-bond acceptors (Lipinski definition) is 6. The molecule has 2 aromatic carbocycles. The van der Waals surface area contributed by atoms with Gasteiger partial charge in [-0.15, -0.1) is 0 Å². The summed E-state index contributed by atoms with van der Waals surface area (Å²) in [7, 11) is 1.56. The van der Waals surface area contributed by atoms with Crippen LogP contribution in [-0.4, -0.2) is 29.6 Å². The smallest absolute Gasteiger partial charge is 0.267 e. The third-order valence-electron chi connectivity index (χ3n) is 4.75. The lowest BCUT2D eigenvalue weighted by molar-refractivity contribution is -0.120. The van der Waals surface area contributed by atoms with E-state index in [1.807, 2.05) is 43.3 Å². The van der Waals surface area contributed by atoms with Gasteiger partial charge in [-0.2, -0.15) is 0 Å². The second-order valence-corrected chi connectivity index (χ2v) is 8.21. The van der Waals surface area contributed by atoms with Crippen molar-refractivity contribution in [3.8, 4) is 11.5 Å². The molecular formula is C23H20ClN3O3S. The predicted molar refractivity (Wildman–Crippen MR) is 123 cm³/mol. The molecule has 0 saturated carbocycles. The molecule has 1 amide bonds. The number of ether oxygens (including phenoxy) is 2. The van der Waals surface area contributed by atoms with Crippen molar-refractivity contribution in [3.05, 3.63) is 77.1 Å². The summed E-state index contributed by atoms with van der Waals surface area (Å²) in [4.78, 5) is 23.7. The summed E-state index contributed by atoms with van der Waals surface area (Å²) in [6.45, 7) is 2.09. The second-order valence-electron chi connectivity index (χ2n) is 6.80. The molecule has 158 valence electrons. The van der Waals surface area contributed by atoms with Crippen molar-refractivity contribution >= 4 is 44.2 Å². The zero-order chi connectivity index (χ0) is 21.8. The van der Waals surface area contributed by atoms with E-state index in [1.165, 1.54) is 11.3 Å². The Hall–Kier alpha value is -3.16. The number of anilines is 1. The highest BCUT2D eigenvalue weighted by molar-refractivity contribution is 7.22. The number of fused-ring (bicyclic) bond motifs is 1. The molecule has 0 spiro atoms. The van der Waals surface area contributed by atoms with Crippen LogP contribution in [0.5, 0.6) is 11.5 Å². The minimum Gasteiger partial charge on any atom is -0.493 e. The summed E-state index contributed by atoms with van der Waals surface area (Å²) < 4.78 is 12.0. The van der Waals surface area contributed by atoms with E-state index in [9.17, 15) is 4.79 Å². The Morgan fingerprint density at radius 3 is 2.68 bits per heavy atom. The topological polar surface area (TPSA) is 64.6 Å². The van der Waals surface area contributed by atoms with Gasteiger partial charge in [0.25, 0.3) is 5.91 Å². The number of halogens is 1. The first kappa shape index (κ1) is 21.1. The maximum absolute atomic E-state index is 13.2. The van der Waals surface area contributed by atoms with Crippen LogP contribution in [0.4, 0.5) is 5.13 Å². The first-order valence-electron chi connectivity index (χ1n) is 9.57. The van der Waals surface area contributed by atoms with Crippen molar-refractivity contribution in [2.75, 3.05) is 18.6 Å². The van der Waals surface area contributed by atoms with Gasteiger partial charge in [-0.05, 0) is 48.4 Å². The maximum atomic E-state index is 13.2. The first-order valence-corrected chi connectivity index (χ1v) is 10.8. The van der Waals surface area contributed by atoms with E-state index >= 15 is 0 Å². The Morgan fingerprint density at radius 2 is 1.94 bits per heavy atom. The number of para-hydroxylation sites is 2. The van der Waals surface area contributed by atoms with Crippen molar-refractivity contribution in [1.29, 1.82) is 0 Å². The molecule has 2 aromatic heterocycles. The molecule has 0 atom stereocenters. The largest absolute Gasteiger partial charge is 0.493 e. The van der Waals surface area contributed by atoms with E-state index in [4.69, 9.17) is 26.1 Å². The van der Waals surface area contributed by atoms with Crippen molar-refractivity contribution in [2.24, 2.45) is 0 Å². The molecule has 0 unspecified atom stereocenters. The number of rotatable bonds is 7. The van der Waals surface area contributed by atoms with Crippen LogP contribution >= 0.6 is 22.9 Å². The van der Waals surface area contributed by atoms with Crippen LogP contribution in [0.25, 0.3) is 10.2 Å². The van der Waals surface area contributed by atoms with E-state index in [-0.39, 0.29) is 12.5 Å². The molecule has 0 fully saturated rings. The number of thiazole rings is 1. The lowest BCUT2D eigenvalue weighted by Crippen LogP contribution is -2.34. The minimum absolute atomic E-state index is 0.156. The van der Waals surface area contributed by atoms with Crippen molar-refractivity contribution in [2.45, 2.75) is 13.5 Å². The van der Waals surface area contributed by atoms with Gasteiger partial charge >= 0.3 is 0 Å². The molecule has 0 aliphatic rings. The van der Waals surface area contributed by atoms with Crippen molar-refractivity contribution in [1.82, 2.24) is 9.97 Å². The summed E-state index contributed by atoms with van der Waals surface area (Å²) in [5, 5.41) is 1.23. The molecule has 6 nitrogen and oxygen atoms in total. The minimum atomic E-state index is -0.224. The molecule has 0 N–H and O–H groups in total. The second kappa shape index (κ2) is 9.32. The summed E-state index contributed by atoms with van der Waals surface area (Å²) in [6.07, 6.45) is 3.43. The zero-order valence-corrected chi connectivity index (χ0v) is 18.6. The van der Waals surface area contributed by atoms with Gasteiger partial charge in [0.15, 0.2) is 23.2 Å². The van der Waals surface area contributed by atoms with E-state index in [0.29, 0.717) is 28.2 Å². The SMILES string of the molecule is COc1ccccc1OCC(=O)N(Cc1cccnc1)c1nc2c(C)c(Cl)ccc2s1. The highest BCUT2D eigenvalue weighted by atomic mass is 35.5. The van der Waals surface area contributed by atoms with E-state index in [0.717, 1.165) is 21.3 Å². The van der Waals surface area contributed by atoms with Gasteiger partial charge in [-0.1, -0.05) is 41.1 Å². The van der Waals surface area contributed by atoms with Crippen LogP contribution in [0, 0.1) is 6.92 Å². The van der Waals surface area contributed by atoms with Crippen LogP contribution < -0.4 is 14.4 Å². The van der Waals surface area contributed by atoms with Gasteiger partial charge in [0.1, 0.15) is 0 Å². The third kappa shape index (κ3) is 4.62. The Bertz CT molecular complexity index is 1210. The Kier molecular flexibility index (Phi) is 6.34. The number of hydrogen-bond donors (Lipinski definition) is 0. The average Bonchev–Trinajstić information content (AvgIpc) is 3.24. The molecule has 31 heavy (non-hydrogen) atoms. The third-order valence-corrected chi connectivity index (χ3v) is 6.21. The van der Waals surface area contributed by atoms with Gasteiger partial charge in [0.05, 0.1) is 23.9 Å². The number of benzene rings is 2. The van der Waals surface area contributed by atoms with Gasteiger partial charge in [0, 0.05) is 17.4 Å². The molecule has 0 aliphatic carbocycles. The van der Waals surface area contributed by atoms with Crippen LogP contribution in [0.1, 0.15) is 11.1 Å². The molecule has 8 heteroatoms. The molecule has 0 saturated heterocycles. The quantitative estimate of drug-likeness (QED) is 0.381.